The molecule has 0 amide bonds. The molecular formula is C16H17N3. The monoisotopic (exact) mass is 251 g/mol. The number of aromatic nitrogens is 2. The Morgan fingerprint density at radius 2 is 1.79 bits per heavy atom. The fraction of sp³-hybridized carbons (Fsp3) is 0.188. The first-order valence-electron chi connectivity index (χ1n) is 6.38. The van der Waals surface area contributed by atoms with E-state index in [2.05, 4.69) is 37.9 Å². The molecule has 0 atom stereocenters. The average Bonchev–Trinajstić information content (AvgIpc) is 2.76. The molecular weight excluding hydrogens is 234 g/mol. The highest BCUT2D eigenvalue weighted by Crippen LogP contribution is 2.27. The van der Waals surface area contributed by atoms with Gasteiger partial charge in [-0.15, -0.1) is 0 Å². The Bertz CT molecular complexity index is 769. The fourth-order valence-electron chi connectivity index (χ4n) is 2.49. The van der Waals surface area contributed by atoms with Crippen LogP contribution in [-0.4, -0.2) is 9.97 Å². The second kappa shape index (κ2) is 4.12. The molecule has 0 radical (unpaired) electrons. The lowest BCUT2D eigenvalue weighted by Gasteiger charge is -2.03. The van der Waals surface area contributed by atoms with Crippen molar-refractivity contribution < 1.29 is 0 Å². The van der Waals surface area contributed by atoms with Crippen LogP contribution in [-0.2, 0) is 0 Å². The molecule has 3 heteroatoms. The summed E-state index contributed by atoms with van der Waals surface area (Å²) in [4.78, 5) is 8.11. The Labute approximate surface area is 112 Å². The summed E-state index contributed by atoms with van der Waals surface area (Å²) in [6.07, 6.45) is 0. The molecule has 1 aromatic heterocycles. The van der Waals surface area contributed by atoms with Gasteiger partial charge >= 0.3 is 0 Å². The number of aryl methyl sites for hydroxylation is 3. The van der Waals surface area contributed by atoms with Crippen molar-refractivity contribution >= 4 is 16.7 Å². The van der Waals surface area contributed by atoms with Gasteiger partial charge in [0.25, 0.3) is 0 Å². The average molecular weight is 251 g/mol. The fourth-order valence-corrected chi connectivity index (χ4v) is 2.49. The minimum absolute atomic E-state index is 0.758. The molecule has 3 N–H and O–H groups in total. The van der Waals surface area contributed by atoms with Crippen LogP contribution in [0.4, 0.5) is 5.69 Å². The van der Waals surface area contributed by atoms with Gasteiger partial charge in [-0.25, -0.2) is 4.98 Å². The molecule has 2 aromatic carbocycles. The topological polar surface area (TPSA) is 54.7 Å². The lowest BCUT2D eigenvalue weighted by Crippen LogP contribution is -1.90. The van der Waals surface area contributed by atoms with Crippen molar-refractivity contribution in [3.05, 3.63) is 47.0 Å². The number of benzene rings is 2. The number of nitrogens with zero attached hydrogens (tertiary/aromatic N) is 1. The third-order valence-electron chi connectivity index (χ3n) is 3.44. The molecule has 3 aromatic rings. The normalized spacial score (nSPS) is 11.1. The largest absolute Gasteiger partial charge is 0.399 e. The lowest BCUT2D eigenvalue weighted by molar-refractivity contribution is 1.30. The maximum atomic E-state index is 5.87. The molecule has 3 rings (SSSR count). The maximum absolute atomic E-state index is 5.87. The predicted molar refractivity (Wildman–Crippen MR) is 80.2 cm³/mol. The Kier molecular flexibility index (Phi) is 2.56. The highest BCUT2D eigenvalue weighted by molar-refractivity contribution is 5.83. The first-order chi connectivity index (χ1) is 9.04. The van der Waals surface area contributed by atoms with Crippen LogP contribution in [0.2, 0.25) is 0 Å². The third-order valence-corrected chi connectivity index (χ3v) is 3.44. The van der Waals surface area contributed by atoms with Crippen LogP contribution in [0.15, 0.2) is 30.3 Å². The molecule has 0 saturated carbocycles. The second-order valence-electron chi connectivity index (χ2n) is 5.14. The summed E-state index contributed by atoms with van der Waals surface area (Å²) in [5, 5.41) is 0. The Morgan fingerprint density at radius 3 is 2.58 bits per heavy atom. The van der Waals surface area contributed by atoms with Gasteiger partial charge in [0.2, 0.25) is 0 Å². The van der Waals surface area contributed by atoms with E-state index in [1.807, 2.05) is 18.2 Å². The van der Waals surface area contributed by atoms with E-state index in [0.717, 1.165) is 28.1 Å². The van der Waals surface area contributed by atoms with Crippen molar-refractivity contribution in [3.8, 4) is 11.4 Å². The number of aromatic amines is 1. The summed E-state index contributed by atoms with van der Waals surface area (Å²) < 4.78 is 0. The van der Waals surface area contributed by atoms with Gasteiger partial charge in [0.05, 0.1) is 11.0 Å². The first kappa shape index (κ1) is 11.8. The number of rotatable bonds is 1. The van der Waals surface area contributed by atoms with Crippen LogP contribution in [0, 0.1) is 20.8 Å². The summed E-state index contributed by atoms with van der Waals surface area (Å²) in [7, 11) is 0. The lowest BCUT2D eigenvalue weighted by atomic mass is 10.1. The van der Waals surface area contributed by atoms with Gasteiger partial charge < -0.3 is 10.7 Å². The van der Waals surface area contributed by atoms with E-state index in [0.29, 0.717) is 0 Å². The van der Waals surface area contributed by atoms with Gasteiger partial charge in [-0.2, -0.15) is 0 Å². The number of imidazole rings is 1. The smallest absolute Gasteiger partial charge is 0.138 e. The molecule has 0 saturated heterocycles. The molecule has 0 aliphatic heterocycles. The van der Waals surface area contributed by atoms with Crippen LogP contribution >= 0.6 is 0 Å². The molecule has 0 aliphatic rings. The van der Waals surface area contributed by atoms with Crippen LogP contribution in [0.1, 0.15) is 16.7 Å². The van der Waals surface area contributed by atoms with Gasteiger partial charge in [-0.1, -0.05) is 12.1 Å². The molecule has 1 heterocycles. The quantitative estimate of drug-likeness (QED) is 0.647. The van der Waals surface area contributed by atoms with E-state index in [1.165, 1.54) is 16.7 Å². The van der Waals surface area contributed by atoms with Gasteiger partial charge in [0.1, 0.15) is 5.82 Å². The van der Waals surface area contributed by atoms with E-state index in [1.54, 1.807) is 0 Å². The van der Waals surface area contributed by atoms with E-state index < -0.39 is 0 Å². The highest BCUT2D eigenvalue weighted by Gasteiger charge is 2.10. The highest BCUT2D eigenvalue weighted by atomic mass is 14.9. The number of nitrogen functional groups attached to an aromatic ring is 1. The molecule has 0 unspecified atom stereocenters. The summed E-state index contributed by atoms with van der Waals surface area (Å²) in [6, 6.07) is 10.2. The van der Waals surface area contributed by atoms with Crippen molar-refractivity contribution in [1.82, 2.24) is 9.97 Å². The molecule has 0 spiro atoms. The third kappa shape index (κ3) is 1.97. The van der Waals surface area contributed by atoms with Crippen molar-refractivity contribution in [2.75, 3.05) is 5.73 Å². The molecule has 19 heavy (non-hydrogen) atoms. The van der Waals surface area contributed by atoms with Gasteiger partial charge in [0.15, 0.2) is 0 Å². The second-order valence-corrected chi connectivity index (χ2v) is 5.14. The minimum Gasteiger partial charge on any atom is -0.399 e. The number of fused-ring (bicyclic) bond motifs is 1. The Balaban J connectivity index is 2.26. The minimum atomic E-state index is 0.758. The molecule has 0 fully saturated rings. The molecule has 0 aliphatic carbocycles. The summed E-state index contributed by atoms with van der Waals surface area (Å²) >= 11 is 0. The van der Waals surface area contributed by atoms with E-state index >= 15 is 0 Å². The SMILES string of the molecule is Cc1cc(C)c2nc(-c3cc(N)ccc3C)[nH]c2c1. The zero-order chi connectivity index (χ0) is 13.6. The number of anilines is 1. The maximum Gasteiger partial charge on any atom is 0.138 e. The van der Waals surface area contributed by atoms with Crippen LogP contribution in [0.3, 0.4) is 0 Å². The number of hydrogen-bond acceptors (Lipinski definition) is 2. The van der Waals surface area contributed by atoms with Crippen molar-refractivity contribution in [3.63, 3.8) is 0 Å². The zero-order valence-corrected chi connectivity index (χ0v) is 11.4. The molecule has 3 nitrogen and oxygen atoms in total. The zero-order valence-electron chi connectivity index (χ0n) is 11.4. The van der Waals surface area contributed by atoms with Gasteiger partial charge in [0, 0.05) is 11.3 Å². The summed E-state index contributed by atoms with van der Waals surface area (Å²) in [6.45, 7) is 6.25. The number of nitrogens with two attached hydrogens (primary N) is 1. The standard InChI is InChI=1S/C16H17N3/c1-9-6-11(3)15-14(7-9)18-16(19-15)13-8-12(17)5-4-10(13)2/h4-8H,17H2,1-3H3,(H,18,19). The van der Waals surface area contributed by atoms with E-state index in [4.69, 9.17) is 10.7 Å². The van der Waals surface area contributed by atoms with Crippen molar-refractivity contribution in [1.29, 1.82) is 0 Å². The predicted octanol–water partition coefficient (Wildman–Crippen LogP) is 3.74. The van der Waals surface area contributed by atoms with Crippen LogP contribution < -0.4 is 5.73 Å². The number of hydrogen-bond donors (Lipinski definition) is 2. The number of nitrogens with one attached hydrogen (secondary N) is 1. The number of H-pyrrole nitrogens is 1. The van der Waals surface area contributed by atoms with E-state index in [9.17, 15) is 0 Å². The van der Waals surface area contributed by atoms with Crippen LogP contribution in [0.5, 0.6) is 0 Å². The van der Waals surface area contributed by atoms with Crippen molar-refractivity contribution in [2.24, 2.45) is 0 Å². The van der Waals surface area contributed by atoms with Gasteiger partial charge in [-0.05, 0) is 55.7 Å². The molecule has 96 valence electrons. The molecule has 0 bridgehead atoms. The van der Waals surface area contributed by atoms with E-state index in [-0.39, 0.29) is 0 Å². The van der Waals surface area contributed by atoms with Gasteiger partial charge in [-0.3, -0.25) is 0 Å². The first-order valence-corrected chi connectivity index (χ1v) is 6.38. The van der Waals surface area contributed by atoms with Crippen LogP contribution in [0.25, 0.3) is 22.4 Å². The Morgan fingerprint density at radius 1 is 1.00 bits per heavy atom. The summed E-state index contributed by atoms with van der Waals surface area (Å²) in [5.74, 6) is 0.883. The van der Waals surface area contributed by atoms with Crippen molar-refractivity contribution in [2.45, 2.75) is 20.8 Å². The summed E-state index contributed by atoms with van der Waals surface area (Å²) in [5.41, 5.74) is 13.4. The Hall–Kier alpha value is -2.29.